The summed E-state index contributed by atoms with van der Waals surface area (Å²) in [5.74, 6) is 0. The Morgan fingerprint density at radius 1 is 1.25 bits per heavy atom. The average molecular weight is 254 g/mol. The zero-order chi connectivity index (χ0) is 11.4. The molecule has 2 aromatic rings. The number of thiophene rings is 1. The van der Waals surface area contributed by atoms with Crippen molar-refractivity contribution in [3.05, 3.63) is 45.4 Å². The Morgan fingerprint density at radius 3 is 2.75 bits per heavy atom. The van der Waals surface area contributed by atoms with E-state index in [9.17, 15) is 0 Å². The minimum absolute atomic E-state index is 0.434. The van der Waals surface area contributed by atoms with Crippen LogP contribution in [0.2, 0.25) is 5.15 Å². The van der Waals surface area contributed by atoms with Crippen LogP contribution in [0.25, 0.3) is 0 Å². The van der Waals surface area contributed by atoms with Gasteiger partial charge in [-0.25, -0.2) is 0 Å². The molecule has 16 heavy (non-hydrogen) atoms. The van der Waals surface area contributed by atoms with Crippen molar-refractivity contribution in [2.24, 2.45) is 0 Å². The lowest BCUT2D eigenvalue weighted by molar-refractivity contribution is 0.314. The van der Waals surface area contributed by atoms with Gasteiger partial charge in [0.25, 0.3) is 0 Å². The summed E-state index contributed by atoms with van der Waals surface area (Å²) in [6.07, 6.45) is 0. The van der Waals surface area contributed by atoms with Crippen LogP contribution in [0.5, 0.6) is 0 Å². The molecule has 0 unspecified atom stereocenters. The third-order valence-electron chi connectivity index (χ3n) is 2.15. The van der Waals surface area contributed by atoms with E-state index in [-0.39, 0.29) is 0 Å². The van der Waals surface area contributed by atoms with Crippen LogP contribution in [-0.2, 0) is 13.1 Å². The summed E-state index contributed by atoms with van der Waals surface area (Å²) in [6, 6.07) is 5.80. The molecular formula is C11H12ClN3S. The molecule has 0 aliphatic rings. The van der Waals surface area contributed by atoms with Crippen molar-refractivity contribution in [3.8, 4) is 0 Å². The summed E-state index contributed by atoms with van der Waals surface area (Å²) in [5, 5.41) is 12.5. The first-order chi connectivity index (χ1) is 7.74. The van der Waals surface area contributed by atoms with Gasteiger partial charge < -0.3 is 0 Å². The monoisotopic (exact) mass is 253 g/mol. The van der Waals surface area contributed by atoms with Crippen LogP contribution in [0.4, 0.5) is 0 Å². The maximum absolute atomic E-state index is 5.68. The number of halogens is 1. The van der Waals surface area contributed by atoms with Crippen molar-refractivity contribution in [1.29, 1.82) is 0 Å². The summed E-state index contributed by atoms with van der Waals surface area (Å²) in [6.45, 7) is 1.70. The molecule has 0 aliphatic heterocycles. The molecule has 0 spiro atoms. The molecule has 2 aromatic heterocycles. The second-order valence-electron chi connectivity index (χ2n) is 3.65. The number of hydrogen-bond acceptors (Lipinski definition) is 4. The van der Waals surface area contributed by atoms with Gasteiger partial charge in [-0.2, -0.15) is 16.4 Å². The van der Waals surface area contributed by atoms with E-state index in [0.29, 0.717) is 5.15 Å². The normalized spacial score (nSPS) is 10.9. The van der Waals surface area contributed by atoms with Gasteiger partial charge in [-0.15, -0.1) is 5.10 Å². The van der Waals surface area contributed by atoms with Crippen molar-refractivity contribution in [2.45, 2.75) is 13.1 Å². The predicted molar refractivity (Wildman–Crippen MR) is 66.5 cm³/mol. The van der Waals surface area contributed by atoms with Crippen LogP contribution in [-0.4, -0.2) is 22.1 Å². The Hall–Kier alpha value is -0.970. The third-order valence-corrected chi connectivity index (χ3v) is 3.09. The first-order valence-electron chi connectivity index (χ1n) is 4.92. The number of nitrogens with zero attached hydrogens (tertiary/aromatic N) is 3. The number of aromatic nitrogens is 2. The largest absolute Gasteiger partial charge is 0.296 e. The van der Waals surface area contributed by atoms with Crippen LogP contribution in [0.1, 0.15) is 11.3 Å². The lowest BCUT2D eigenvalue weighted by Gasteiger charge is -2.14. The molecule has 0 fully saturated rings. The van der Waals surface area contributed by atoms with E-state index in [2.05, 4.69) is 39.0 Å². The standard InChI is InChI=1S/C11H12ClN3S/c1-15(6-9-4-5-16-8-9)7-10-2-3-11(12)14-13-10/h2-5,8H,6-7H2,1H3. The average Bonchev–Trinajstić information content (AvgIpc) is 2.74. The lowest BCUT2D eigenvalue weighted by atomic mass is 10.3. The van der Waals surface area contributed by atoms with E-state index in [1.54, 1.807) is 17.4 Å². The van der Waals surface area contributed by atoms with Crippen molar-refractivity contribution >= 4 is 22.9 Å². The zero-order valence-electron chi connectivity index (χ0n) is 8.93. The maximum atomic E-state index is 5.68. The van der Waals surface area contributed by atoms with Gasteiger partial charge in [0.2, 0.25) is 0 Å². The van der Waals surface area contributed by atoms with E-state index in [0.717, 1.165) is 18.8 Å². The van der Waals surface area contributed by atoms with Crippen molar-refractivity contribution in [3.63, 3.8) is 0 Å². The molecule has 3 nitrogen and oxygen atoms in total. The molecule has 0 atom stereocenters. The van der Waals surface area contributed by atoms with E-state index < -0.39 is 0 Å². The summed E-state index contributed by atoms with van der Waals surface area (Å²) >= 11 is 7.40. The number of rotatable bonds is 4. The highest BCUT2D eigenvalue weighted by Gasteiger charge is 2.03. The molecule has 0 N–H and O–H groups in total. The molecule has 2 rings (SSSR count). The summed E-state index contributed by atoms with van der Waals surface area (Å²) < 4.78 is 0. The molecule has 5 heteroatoms. The van der Waals surface area contributed by atoms with Gasteiger partial charge >= 0.3 is 0 Å². The van der Waals surface area contributed by atoms with Gasteiger partial charge in [-0.3, -0.25) is 4.90 Å². The first-order valence-corrected chi connectivity index (χ1v) is 6.24. The quantitative estimate of drug-likeness (QED) is 0.839. The van der Waals surface area contributed by atoms with Gasteiger partial charge in [-0.05, 0) is 41.6 Å². The topological polar surface area (TPSA) is 29.0 Å². The molecule has 84 valence electrons. The van der Waals surface area contributed by atoms with Crippen molar-refractivity contribution in [1.82, 2.24) is 15.1 Å². The van der Waals surface area contributed by atoms with E-state index in [1.807, 2.05) is 6.07 Å². The highest BCUT2D eigenvalue weighted by Crippen LogP contribution is 2.10. The Kier molecular flexibility index (Phi) is 3.88. The van der Waals surface area contributed by atoms with Gasteiger partial charge in [0.1, 0.15) is 0 Å². The third kappa shape index (κ3) is 3.27. The zero-order valence-corrected chi connectivity index (χ0v) is 10.5. The molecule has 0 saturated carbocycles. The first kappa shape index (κ1) is 11.5. The van der Waals surface area contributed by atoms with Crippen molar-refractivity contribution < 1.29 is 0 Å². The fourth-order valence-corrected chi connectivity index (χ4v) is 2.22. The Bertz CT molecular complexity index is 427. The van der Waals surface area contributed by atoms with Gasteiger partial charge in [0, 0.05) is 13.1 Å². The second-order valence-corrected chi connectivity index (χ2v) is 4.82. The molecule has 0 aromatic carbocycles. The highest BCUT2D eigenvalue weighted by atomic mass is 35.5. The molecule has 2 heterocycles. The second kappa shape index (κ2) is 5.39. The van der Waals surface area contributed by atoms with E-state index >= 15 is 0 Å². The summed E-state index contributed by atoms with van der Waals surface area (Å²) in [4.78, 5) is 2.19. The minimum Gasteiger partial charge on any atom is -0.296 e. The summed E-state index contributed by atoms with van der Waals surface area (Å²) in [5.41, 5.74) is 2.26. The summed E-state index contributed by atoms with van der Waals surface area (Å²) in [7, 11) is 2.06. The SMILES string of the molecule is CN(Cc1ccsc1)Cc1ccc(Cl)nn1. The predicted octanol–water partition coefficient (Wildman–Crippen LogP) is 2.82. The molecule has 0 radical (unpaired) electrons. The van der Waals surface area contributed by atoms with E-state index in [1.165, 1.54) is 5.56 Å². The number of hydrogen-bond donors (Lipinski definition) is 0. The maximum Gasteiger partial charge on any atom is 0.151 e. The molecular weight excluding hydrogens is 242 g/mol. The van der Waals surface area contributed by atoms with Crippen LogP contribution in [0.15, 0.2) is 29.0 Å². The Labute approximate surface area is 104 Å². The molecule has 0 amide bonds. The van der Waals surface area contributed by atoms with Crippen LogP contribution < -0.4 is 0 Å². The van der Waals surface area contributed by atoms with Gasteiger partial charge in [-0.1, -0.05) is 11.6 Å². The van der Waals surface area contributed by atoms with Gasteiger partial charge in [0.15, 0.2) is 5.15 Å². The fraction of sp³-hybridized carbons (Fsp3) is 0.273. The van der Waals surface area contributed by atoms with Crippen molar-refractivity contribution in [2.75, 3.05) is 7.05 Å². The highest BCUT2D eigenvalue weighted by molar-refractivity contribution is 7.07. The Balaban J connectivity index is 1.92. The van der Waals surface area contributed by atoms with E-state index in [4.69, 9.17) is 11.6 Å². The van der Waals surface area contributed by atoms with Gasteiger partial charge in [0.05, 0.1) is 5.69 Å². The molecule has 0 aliphatic carbocycles. The smallest absolute Gasteiger partial charge is 0.151 e. The lowest BCUT2D eigenvalue weighted by Crippen LogP contribution is -2.17. The molecule has 0 bridgehead atoms. The van der Waals surface area contributed by atoms with Crippen LogP contribution in [0.3, 0.4) is 0 Å². The minimum atomic E-state index is 0.434. The Morgan fingerprint density at radius 2 is 2.12 bits per heavy atom. The fourth-order valence-electron chi connectivity index (χ4n) is 1.45. The van der Waals surface area contributed by atoms with Crippen LogP contribution >= 0.6 is 22.9 Å². The molecule has 0 saturated heterocycles. The van der Waals surface area contributed by atoms with Crippen LogP contribution in [0, 0.1) is 0 Å².